The fraction of sp³-hybridized carbons (Fsp3) is 0.312. The number of carbonyl (C=O) groups is 1. The van der Waals surface area contributed by atoms with E-state index in [4.69, 9.17) is 0 Å². The van der Waals surface area contributed by atoms with Crippen LogP contribution in [0.5, 0.6) is 0 Å². The third kappa shape index (κ3) is 3.58. The third-order valence-corrected chi connectivity index (χ3v) is 7.38. The van der Waals surface area contributed by atoms with Gasteiger partial charge in [-0.05, 0) is 44.0 Å². The maximum Gasteiger partial charge on any atom is 0.255 e. The standard InChI is InChI=1S/C16H16F2N2O3S2/c1-10-14(19-16(21)11-4-5-12(17)13(18)8-11)9-15(24-10)25(22,23)20-6-2-3-7-20/h4-5,8-9H,2-3,6-7H2,1H3,(H,19,21). The summed E-state index contributed by atoms with van der Waals surface area (Å²) in [5.41, 5.74) is 0.297. The van der Waals surface area contributed by atoms with E-state index in [0.29, 0.717) is 23.7 Å². The summed E-state index contributed by atoms with van der Waals surface area (Å²) in [7, 11) is -3.56. The average Bonchev–Trinajstić information content (AvgIpc) is 3.21. The molecule has 0 spiro atoms. The molecule has 25 heavy (non-hydrogen) atoms. The lowest BCUT2D eigenvalue weighted by atomic mass is 10.2. The first-order valence-electron chi connectivity index (χ1n) is 7.66. The monoisotopic (exact) mass is 386 g/mol. The minimum Gasteiger partial charge on any atom is -0.321 e. The third-order valence-electron chi connectivity index (χ3n) is 3.98. The Morgan fingerprint density at radius 2 is 1.84 bits per heavy atom. The van der Waals surface area contributed by atoms with E-state index >= 15 is 0 Å². The number of amides is 1. The molecule has 3 rings (SSSR count). The van der Waals surface area contributed by atoms with E-state index in [1.807, 2.05) is 0 Å². The number of nitrogens with zero attached hydrogens (tertiary/aromatic N) is 1. The SMILES string of the molecule is Cc1sc(S(=O)(=O)N2CCCC2)cc1NC(=O)c1ccc(F)c(F)c1. The summed E-state index contributed by atoms with van der Waals surface area (Å²) >= 11 is 1.07. The van der Waals surface area contributed by atoms with Crippen molar-refractivity contribution in [1.29, 1.82) is 0 Å². The Labute approximate surface area is 148 Å². The Morgan fingerprint density at radius 3 is 2.48 bits per heavy atom. The van der Waals surface area contributed by atoms with Crippen LogP contribution in [0.15, 0.2) is 28.5 Å². The van der Waals surface area contributed by atoms with Crippen LogP contribution in [-0.2, 0) is 10.0 Å². The Kier molecular flexibility index (Phi) is 4.90. The molecule has 1 fully saturated rings. The van der Waals surface area contributed by atoms with Gasteiger partial charge in [0.1, 0.15) is 4.21 Å². The molecule has 1 aliphatic rings. The summed E-state index contributed by atoms with van der Waals surface area (Å²) in [5.74, 6) is -2.79. The van der Waals surface area contributed by atoms with Crippen LogP contribution in [0.4, 0.5) is 14.5 Å². The van der Waals surface area contributed by atoms with E-state index in [0.717, 1.165) is 42.4 Å². The number of halogens is 2. The molecule has 0 aliphatic carbocycles. The van der Waals surface area contributed by atoms with E-state index in [-0.39, 0.29) is 9.77 Å². The quantitative estimate of drug-likeness (QED) is 0.876. The molecule has 1 N–H and O–H groups in total. The second-order valence-electron chi connectivity index (χ2n) is 5.73. The number of nitrogens with one attached hydrogen (secondary N) is 1. The maximum atomic E-state index is 13.3. The Hall–Kier alpha value is -1.84. The van der Waals surface area contributed by atoms with Crippen molar-refractivity contribution in [2.75, 3.05) is 18.4 Å². The second kappa shape index (κ2) is 6.81. The van der Waals surface area contributed by atoms with Crippen molar-refractivity contribution in [3.05, 3.63) is 46.3 Å². The first kappa shape index (κ1) is 18.0. The van der Waals surface area contributed by atoms with Gasteiger partial charge < -0.3 is 5.32 Å². The number of anilines is 1. The summed E-state index contributed by atoms with van der Waals surface area (Å²) < 4.78 is 52.9. The molecule has 2 aromatic rings. The molecule has 0 unspecified atom stereocenters. The summed E-state index contributed by atoms with van der Waals surface area (Å²) in [5, 5.41) is 2.56. The fourth-order valence-electron chi connectivity index (χ4n) is 2.59. The molecule has 9 heteroatoms. The predicted octanol–water partition coefficient (Wildman–Crippen LogP) is 3.37. The topological polar surface area (TPSA) is 66.5 Å². The van der Waals surface area contributed by atoms with Gasteiger partial charge in [-0.15, -0.1) is 11.3 Å². The van der Waals surface area contributed by atoms with Crippen molar-refractivity contribution in [3.63, 3.8) is 0 Å². The Morgan fingerprint density at radius 1 is 1.16 bits per heavy atom. The number of hydrogen-bond acceptors (Lipinski definition) is 4. The number of benzene rings is 1. The van der Waals surface area contributed by atoms with E-state index in [1.54, 1.807) is 6.92 Å². The summed E-state index contributed by atoms with van der Waals surface area (Å²) in [6, 6.07) is 4.24. The maximum absolute atomic E-state index is 13.3. The number of thiophene rings is 1. The van der Waals surface area contributed by atoms with Crippen LogP contribution in [0.1, 0.15) is 28.1 Å². The van der Waals surface area contributed by atoms with Crippen molar-refractivity contribution < 1.29 is 22.0 Å². The molecule has 1 saturated heterocycles. The van der Waals surface area contributed by atoms with Gasteiger partial charge in [0, 0.05) is 23.5 Å². The van der Waals surface area contributed by atoms with Gasteiger partial charge in [-0.2, -0.15) is 4.31 Å². The zero-order chi connectivity index (χ0) is 18.2. The molecule has 2 heterocycles. The minimum absolute atomic E-state index is 0.0477. The minimum atomic E-state index is -3.56. The average molecular weight is 386 g/mol. The van der Waals surface area contributed by atoms with Crippen molar-refractivity contribution >= 4 is 33.0 Å². The smallest absolute Gasteiger partial charge is 0.255 e. The summed E-state index contributed by atoms with van der Waals surface area (Å²) in [6.07, 6.45) is 1.67. The zero-order valence-corrected chi connectivity index (χ0v) is 15.0. The first-order chi connectivity index (χ1) is 11.8. The largest absolute Gasteiger partial charge is 0.321 e. The molecule has 5 nitrogen and oxygen atoms in total. The van der Waals surface area contributed by atoms with Crippen LogP contribution >= 0.6 is 11.3 Å². The number of carbonyl (C=O) groups excluding carboxylic acids is 1. The molecule has 0 saturated carbocycles. The van der Waals surface area contributed by atoms with E-state index in [1.165, 1.54) is 10.4 Å². The number of aryl methyl sites for hydroxylation is 1. The molecule has 1 aromatic carbocycles. The van der Waals surface area contributed by atoms with E-state index < -0.39 is 27.6 Å². The lowest BCUT2D eigenvalue weighted by Gasteiger charge is -2.13. The van der Waals surface area contributed by atoms with Gasteiger partial charge in [0.25, 0.3) is 15.9 Å². The Balaban J connectivity index is 1.83. The Bertz CT molecular complexity index is 919. The van der Waals surface area contributed by atoms with E-state index in [9.17, 15) is 22.0 Å². The molecule has 1 aliphatic heterocycles. The molecule has 0 atom stereocenters. The predicted molar refractivity (Wildman–Crippen MR) is 91.4 cm³/mol. The first-order valence-corrected chi connectivity index (χ1v) is 9.91. The highest BCUT2D eigenvalue weighted by Gasteiger charge is 2.29. The second-order valence-corrected chi connectivity index (χ2v) is 9.15. The van der Waals surface area contributed by atoms with Crippen molar-refractivity contribution in [3.8, 4) is 0 Å². The van der Waals surface area contributed by atoms with Crippen molar-refractivity contribution in [1.82, 2.24) is 4.31 Å². The highest BCUT2D eigenvalue weighted by Crippen LogP contribution is 2.33. The van der Waals surface area contributed by atoms with Crippen LogP contribution in [0, 0.1) is 18.6 Å². The molecular weight excluding hydrogens is 370 g/mol. The molecule has 1 amide bonds. The fourth-order valence-corrected chi connectivity index (χ4v) is 5.66. The summed E-state index contributed by atoms with van der Waals surface area (Å²) in [6.45, 7) is 2.68. The molecular formula is C16H16F2N2O3S2. The van der Waals surface area contributed by atoms with Gasteiger partial charge in [-0.1, -0.05) is 0 Å². The van der Waals surface area contributed by atoms with Gasteiger partial charge in [0.05, 0.1) is 5.69 Å². The van der Waals surface area contributed by atoms with Crippen LogP contribution in [-0.4, -0.2) is 31.7 Å². The van der Waals surface area contributed by atoms with Crippen LogP contribution < -0.4 is 5.32 Å². The van der Waals surface area contributed by atoms with Gasteiger partial charge in [0.2, 0.25) is 0 Å². The van der Waals surface area contributed by atoms with Crippen LogP contribution in [0.2, 0.25) is 0 Å². The number of hydrogen-bond donors (Lipinski definition) is 1. The van der Waals surface area contributed by atoms with Crippen molar-refractivity contribution in [2.24, 2.45) is 0 Å². The van der Waals surface area contributed by atoms with Crippen LogP contribution in [0.3, 0.4) is 0 Å². The molecule has 0 radical (unpaired) electrons. The molecule has 134 valence electrons. The zero-order valence-electron chi connectivity index (χ0n) is 13.4. The number of rotatable bonds is 4. The summed E-state index contributed by atoms with van der Waals surface area (Å²) in [4.78, 5) is 12.8. The van der Waals surface area contributed by atoms with Crippen LogP contribution in [0.25, 0.3) is 0 Å². The lowest BCUT2D eigenvalue weighted by Crippen LogP contribution is -2.27. The normalized spacial score (nSPS) is 15.5. The van der Waals surface area contributed by atoms with Gasteiger partial charge >= 0.3 is 0 Å². The van der Waals surface area contributed by atoms with Crippen molar-refractivity contribution in [2.45, 2.75) is 24.0 Å². The van der Waals surface area contributed by atoms with E-state index in [2.05, 4.69) is 5.32 Å². The highest BCUT2D eigenvalue weighted by atomic mass is 32.2. The highest BCUT2D eigenvalue weighted by molar-refractivity contribution is 7.91. The molecule has 1 aromatic heterocycles. The lowest BCUT2D eigenvalue weighted by molar-refractivity contribution is 0.102. The van der Waals surface area contributed by atoms with Gasteiger partial charge in [-0.3, -0.25) is 4.79 Å². The van der Waals surface area contributed by atoms with Gasteiger partial charge in [-0.25, -0.2) is 17.2 Å². The molecule has 0 bridgehead atoms. The number of sulfonamides is 1. The van der Waals surface area contributed by atoms with Gasteiger partial charge in [0.15, 0.2) is 11.6 Å².